The highest BCUT2D eigenvalue weighted by Crippen LogP contribution is 2.33. The first-order chi connectivity index (χ1) is 15.0. The third-order valence-electron chi connectivity index (χ3n) is 5.28. The Morgan fingerprint density at radius 3 is 2.90 bits per heavy atom. The molecule has 3 heterocycles. The molecule has 0 saturated heterocycles. The number of thiophene rings is 1. The van der Waals surface area contributed by atoms with Crippen LogP contribution in [0.5, 0.6) is 0 Å². The summed E-state index contributed by atoms with van der Waals surface area (Å²) in [7, 11) is 0. The third-order valence-corrected chi connectivity index (χ3v) is 6.79. The lowest BCUT2D eigenvalue weighted by atomic mass is 9.97. The van der Waals surface area contributed by atoms with Crippen molar-refractivity contribution in [3.8, 4) is 11.3 Å². The molecule has 0 amide bonds. The van der Waals surface area contributed by atoms with E-state index in [1.807, 2.05) is 0 Å². The van der Waals surface area contributed by atoms with Crippen molar-refractivity contribution < 1.29 is 14.3 Å². The number of hydrogen-bond donors (Lipinski definition) is 1. The third kappa shape index (κ3) is 3.58. The highest BCUT2D eigenvalue weighted by Gasteiger charge is 2.20. The summed E-state index contributed by atoms with van der Waals surface area (Å²) >= 11 is 7.63. The Kier molecular flexibility index (Phi) is 4.95. The lowest BCUT2D eigenvalue weighted by molar-refractivity contribution is 0.0697. The Morgan fingerprint density at radius 1 is 1.26 bits per heavy atom. The molecule has 1 aliphatic rings. The van der Waals surface area contributed by atoms with Gasteiger partial charge in [0.15, 0.2) is 0 Å². The summed E-state index contributed by atoms with van der Waals surface area (Å²) in [4.78, 5) is 30.5. The Balaban J connectivity index is 1.44. The van der Waals surface area contributed by atoms with Gasteiger partial charge in [-0.05, 0) is 55.5 Å². The molecular formula is C22H16ClN3O4S. The first-order valence-electron chi connectivity index (χ1n) is 9.70. The van der Waals surface area contributed by atoms with Crippen molar-refractivity contribution in [3.63, 3.8) is 0 Å². The van der Waals surface area contributed by atoms with Gasteiger partial charge in [0.1, 0.15) is 22.7 Å². The number of furan rings is 1. The molecule has 0 atom stereocenters. The Labute approximate surface area is 185 Å². The number of nitrogens with zero attached hydrogens (tertiary/aromatic N) is 3. The van der Waals surface area contributed by atoms with Crippen molar-refractivity contribution in [1.82, 2.24) is 9.66 Å². The zero-order valence-electron chi connectivity index (χ0n) is 16.2. The van der Waals surface area contributed by atoms with Crippen LogP contribution >= 0.6 is 22.9 Å². The van der Waals surface area contributed by atoms with Crippen LogP contribution in [-0.4, -0.2) is 27.0 Å². The number of aryl methyl sites for hydroxylation is 2. The molecule has 0 radical (unpaired) electrons. The van der Waals surface area contributed by atoms with Gasteiger partial charge < -0.3 is 9.52 Å². The topological polar surface area (TPSA) is 97.7 Å². The van der Waals surface area contributed by atoms with E-state index in [1.54, 1.807) is 29.5 Å². The van der Waals surface area contributed by atoms with Gasteiger partial charge in [-0.2, -0.15) is 9.78 Å². The number of rotatable bonds is 4. The predicted octanol–water partition coefficient (Wildman–Crippen LogP) is 4.83. The SMILES string of the molecule is O=C(O)c1ccc(-c2ccc(/C=N/n3cnc4sc5c(c4c3=O)CCCC5)o2)cc1Cl. The van der Waals surface area contributed by atoms with E-state index < -0.39 is 5.97 Å². The van der Waals surface area contributed by atoms with Gasteiger partial charge in [-0.15, -0.1) is 11.3 Å². The first kappa shape index (κ1) is 19.7. The van der Waals surface area contributed by atoms with Crippen molar-refractivity contribution in [2.75, 3.05) is 0 Å². The maximum absolute atomic E-state index is 13.0. The van der Waals surface area contributed by atoms with Crippen LogP contribution in [0.4, 0.5) is 0 Å². The molecule has 31 heavy (non-hydrogen) atoms. The van der Waals surface area contributed by atoms with Gasteiger partial charge in [0.05, 0.1) is 22.2 Å². The number of hydrogen-bond acceptors (Lipinski definition) is 6. The zero-order chi connectivity index (χ0) is 21.5. The molecule has 0 saturated carbocycles. The van der Waals surface area contributed by atoms with Gasteiger partial charge in [0.2, 0.25) is 0 Å². The minimum absolute atomic E-state index is 0.0247. The van der Waals surface area contributed by atoms with Crippen LogP contribution in [0.1, 0.15) is 39.4 Å². The fraction of sp³-hybridized carbons (Fsp3) is 0.182. The van der Waals surface area contributed by atoms with Gasteiger partial charge in [-0.1, -0.05) is 17.7 Å². The van der Waals surface area contributed by atoms with Crippen LogP contribution in [0, 0.1) is 0 Å². The summed E-state index contributed by atoms with van der Waals surface area (Å²) in [5, 5.41) is 14.1. The number of carboxylic acids is 1. The summed E-state index contributed by atoms with van der Waals surface area (Å²) in [6, 6.07) is 8.02. The highest BCUT2D eigenvalue weighted by atomic mass is 35.5. The second kappa shape index (κ2) is 7.79. The Hall–Kier alpha value is -3.23. The number of carboxylic acid groups (broad SMARTS) is 1. The maximum Gasteiger partial charge on any atom is 0.337 e. The Morgan fingerprint density at radius 2 is 2.10 bits per heavy atom. The Bertz CT molecular complexity index is 1420. The average Bonchev–Trinajstić information content (AvgIpc) is 3.38. The molecule has 3 aromatic heterocycles. The molecule has 7 nitrogen and oxygen atoms in total. The van der Waals surface area contributed by atoms with E-state index in [1.165, 1.54) is 34.2 Å². The largest absolute Gasteiger partial charge is 0.478 e. The summed E-state index contributed by atoms with van der Waals surface area (Å²) in [5.41, 5.74) is 1.61. The van der Waals surface area contributed by atoms with Gasteiger partial charge in [0.25, 0.3) is 5.56 Å². The summed E-state index contributed by atoms with van der Waals surface area (Å²) in [6.45, 7) is 0. The van der Waals surface area contributed by atoms with Gasteiger partial charge in [-0.25, -0.2) is 9.78 Å². The quantitative estimate of drug-likeness (QED) is 0.446. The second-order valence-corrected chi connectivity index (χ2v) is 8.72. The molecule has 0 bridgehead atoms. The van der Waals surface area contributed by atoms with E-state index in [0.717, 1.165) is 36.1 Å². The summed E-state index contributed by atoms with van der Waals surface area (Å²) in [6.07, 6.45) is 7.03. The summed E-state index contributed by atoms with van der Waals surface area (Å²) in [5.74, 6) is -0.146. The van der Waals surface area contributed by atoms with E-state index >= 15 is 0 Å². The number of halogens is 1. The number of fused-ring (bicyclic) bond motifs is 3. The molecule has 0 spiro atoms. The van der Waals surface area contributed by atoms with Crippen LogP contribution < -0.4 is 5.56 Å². The van der Waals surface area contributed by atoms with E-state index in [0.29, 0.717) is 22.5 Å². The molecule has 156 valence electrons. The minimum Gasteiger partial charge on any atom is -0.478 e. The fourth-order valence-corrected chi connectivity index (χ4v) is 5.24. The van der Waals surface area contributed by atoms with E-state index in [4.69, 9.17) is 21.1 Å². The second-order valence-electron chi connectivity index (χ2n) is 7.23. The molecule has 0 aliphatic heterocycles. The first-order valence-corrected chi connectivity index (χ1v) is 10.9. The fourth-order valence-electron chi connectivity index (χ4n) is 3.76. The lowest BCUT2D eigenvalue weighted by Crippen LogP contribution is -2.17. The molecule has 4 aromatic rings. The number of benzene rings is 1. The standard InChI is InChI=1S/C22H16ClN3O4S/c23-16-9-12(5-7-14(16)22(28)29)17-8-6-13(30-17)10-25-26-11-24-20-19(21(26)27)15-3-1-2-4-18(15)31-20/h5-11H,1-4H2,(H,28,29)/b25-10+. The zero-order valence-corrected chi connectivity index (χ0v) is 17.7. The highest BCUT2D eigenvalue weighted by molar-refractivity contribution is 7.18. The molecule has 0 fully saturated rings. The average molecular weight is 454 g/mol. The van der Waals surface area contributed by atoms with Crippen molar-refractivity contribution in [2.24, 2.45) is 5.10 Å². The number of carbonyl (C=O) groups is 1. The normalized spacial score (nSPS) is 13.7. The van der Waals surface area contributed by atoms with Gasteiger partial charge >= 0.3 is 5.97 Å². The van der Waals surface area contributed by atoms with Crippen molar-refractivity contribution in [1.29, 1.82) is 0 Å². The molecule has 0 unspecified atom stereocenters. The monoisotopic (exact) mass is 453 g/mol. The molecule has 1 N–H and O–H groups in total. The molecule has 1 aliphatic carbocycles. The minimum atomic E-state index is -1.09. The van der Waals surface area contributed by atoms with Crippen LogP contribution in [0.15, 0.2) is 51.0 Å². The molecule has 1 aromatic carbocycles. The van der Waals surface area contributed by atoms with Crippen molar-refractivity contribution >= 4 is 45.3 Å². The smallest absolute Gasteiger partial charge is 0.337 e. The lowest BCUT2D eigenvalue weighted by Gasteiger charge is -2.09. The van der Waals surface area contributed by atoms with Crippen LogP contribution in [0.2, 0.25) is 5.02 Å². The van der Waals surface area contributed by atoms with Gasteiger partial charge in [-0.3, -0.25) is 4.79 Å². The van der Waals surface area contributed by atoms with Gasteiger partial charge in [0, 0.05) is 10.4 Å². The van der Waals surface area contributed by atoms with Crippen LogP contribution in [-0.2, 0) is 12.8 Å². The van der Waals surface area contributed by atoms with Crippen molar-refractivity contribution in [2.45, 2.75) is 25.7 Å². The number of aromatic carboxylic acids is 1. The summed E-state index contributed by atoms with van der Waals surface area (Å²) < 4.78 is 6.99. The predicted molar refractivity (Wildman–Crippen MR) is 120 cm³/mol. The molecular weight excluding hydrogens is 438 g/mol. The number of aromatic nitrogens is 2. The van der Waals surface area contributed by atoms with Crippen LogP contribution in [0.3, 0.4) is 0 Å². The van der Waals surface area contributed by atoms with Crippen LogP contribution in [0.25, 0.3) is 21.5 Å². The van der Waals surface area contributed by atoms with E-state index in [9.17, 15) is 9.59 Å². The van der Waals surface area contributed by atoms with E-state index in [2.05, 4.69) is 10.1 Å². The molecule has 9 heteroatoms. The maximum atomic E-state index is 13.0. The molecule has 5 rings (SSSR count). The van der Waals surface area contributed by atoms with E-state index in [-0.39, 0.29) is 16.1 Å². The van der Waals surface area contributed by atoms with Crippen molar-refractivity contribution in [3.05, 3.63) is 73.8 Å².